The molecule has 1 amide bonds. The van der Waals surface area contributed by atoms with Crippen molar-refractivity contribution < 1.29 is 9.53 Å². The highest BCUT2D eigenvalue weighted by Gasteiger charge is 2.43. The molecular formula is C26H27N3O3. The number of nitrogens with zero attached hydrogens (tertiary/aromatic N) is 1. The van der Waals surface area contributed by atoms with E-state index in [4.69, 9.17) is 4.74 Å². The summed E-state index contributed by atoms with van der Waals surface area (Å²) in [5.41, 5.74) is 1.99. The van der Waals surface area contributed by atoms with E-state index in [1.807, 2.05) is 54.6 Å². The number of pyridine rings is 1. The molecule has 1 aromatic heterocycles. The SMILES string of the molecule is CN1CCC2(CC1)CC(NC(=O)c1ccc(-c3ccccc3)[nH]c1=O)c1ccccc1O2. The van der Waals surface area contributed by atoms with Gasteiger partial charge in [-0.25, -0.2) is 0 Å². The number of aromatic nitrogens is 1. The Morgan fingerprint density at radius 3 is 2.50 bits per heavy atom. The van der Waals surface area contributed by atoms with E-state index >= 15 is 0 Å². The summed E-state index contributed by atoms with van der Waals surface area (Å²) in [6, 6.07) is 20.6. The molecule has 0 radical (unpaired) electrons. The Kier molecular flexibility index (Phi) is 5.31. The molecule has 5 rings (SSSR count). The number of likely N-dealkylation sites (tertiary alicyclic amines) is 1. The molecule has 1 unspecified atom stereocenters. The Balaban J connectivity index is 1.40. The highest BCUT2D eigenvalue weighted by molar-refractivity contribution is 5.94. The van der Waals surface area contributed by atoms with Gasteiger partial charge in [-0.3, -0.25) is 9.59 Å². The van der Waals surface area contributed by atoms with E-state index in [1.165, 1.54) is 0 Å². The van der Waals surface area contributed by atoms with E-state index in [2.05, 4.69) is 22.2 Å². The lowest BCUT2D eigenvalue weighted by Crippen LogP contribution is -2.51. The Morgan fingerprint density at radius 1 is 1.03 bits per heavy atom. The minimum atomic E-state index is -0.391. The number of aromatic amines is 1. The monoisotopic (exact) mass is 429 g/mol. The highest BCUT2D eigenvalue weighted by atomic mass is 16.5. The van der Waals surface area contributed by atoms with Gasteiger partial charge in [0.15, 0.2) is 0 Å². The van der Waals surface area contributed by atoms with Gasteiger partial charge < -0.3 is 19.9 Å². The molecule has 2 aliphatic rings. The summed E-state index contributed by atoms with van der Waals surface area (Å²) in [6.45, 7) is 1.92. The summed E-state index contributed by atoms with van der Waals surface area (Å²) in [4.78, 5) is 31.0. The maximum atomic E-state index is 13.1. The van der Waals surface area contributed by atoms with Crippen LogP contribution in [-0.2, 0) is 0 Å². The molecule has 2 aromatic carbocycles. The van der Waals surface area contributed by atoms with Gasteiger partial charge in [0.25, 0.3) is 11.5 Å². The summed E-state index contributed by atoms with van der Waals surface area (Å²) < 4.78 is 6.47. The van der Waals surface area contributed by atoms with Crippen molar-refractivity contribution in [1.29, 1.82) is 0 Å². The summed E-state index contributed by atoms with van der Waals surface area (Å²) in [7, 11) is 2.12. The van der Waals surface area contributed by atoms with Crippen LogP contribution in [0.25, 0.3) is 11.3 Å². The van der Waals surface area contributed by atoms with Crippen molar-refractivity contribution in [3.63, 3.8) is 0 Å². The van der Waals surface area contributed by atoms with Crippen molar-refractivity contribution in [2.24, 2.45) is 0 Å². The highest BCUT2D eigenvalue weighted by Crippen LogP contribution is 2.44. The number of fused-ring (bicyclic) bond motifs is 1. The van der Waals surface area contributed by atoms with Crippen molar-refractivity contribution >= 4 is 5.91 Å². The molecule has 6 heteroatoms. The van der Waals surface area contributed by atoms with Crippen molar-refractivity contribution in [1.82, 2.24) is 15.2 Å². The second-order valence-electron chi connectivity index (χ2n) is 8.84. The van der Waals surface area contributed by atoms with Crippen molar-refractivity contribution in [3.8, 4) is 17.0 Å². The van der Waals surface area contributed by atoms with E-state index in [1.54, 1.807) is 12.1 Å². The van der Waals surface area contributed by atoms with Gasteiger partial charge >= 0.3 is 0 Å². The molecule has 2 aliphatic heterocycles. The second-order valence-corrected chi connectivity index (χ2v) is 8.84. The minimum Gasteiger partial charge on any atom is -0.487 e. The number of carbonyl (C=O) groups excluding carboxylic acids is 1. The molecule has 1 fully saturated rings. The van der Waals surface area contributed by atoms with E-state index < -0.39 is 5.56 Å². The summed E-state index contributed by atoms with van der Waals surface area (Å²) >= 11 is 0. The molecule has 0 saturated carbocycles. The third-order valence-corrected chi connectivity index (χ3v) is 6.64. The maximum absolute atomic E-state index is 13.1. The summed E-state index contributed by atoms with van der Waals surface area (Å²) in [5.74, 6) is 0.456. The lowest BCUT2D eigenvalue weighted by molar-refractivity contribution is -0.0195. The van der Waals surface area contributed by atoms with Gasteiger partial charge in [0.1, 0.15) is 16.9 Å². The molecule has 164 valence electrons. The fourth-order valence-corrected chi connectivity index (χ4v) is 4.75. The molecule has 1 atom stereocenters. The summed E-state index contributed by atoms with van der Waals surface area (Å²) in [5, 5.41) is 3.12. The van der Waals surface area contributed by atoms with E-state index in [0.29, 0.717) is 12.1 Å². The van der Waals surface area contributed by atoms with Crippen molar-refractivity contribution in [2.75, 3.05) is 20.1 Å². The zero-order chi connectivity index (χ0) is 22.1. The number of ether oxygens (including phenoxy) is 1. The van der Waals surface area contributed by atoms with Gasteiger partial charge in [-0.05, 0) is 43.7 Å². The number of benzene rings is 2. The Morgan fingerprint density at radius 2 is 1.75 bits per heavy atom. The molecule has 3 heterocycles. The first-order valence-electron chi connectivity index (χ1n) is 11.1. The number of rotatable bonds is 3. The number of hydrogen-bond donors (Lipinski definition) is 2. The average molecular weight is 430 g/mol. The summed E-state index contributed by atoms with van der Waals surface area (Å²) in [6.07, 6.45) is 2.52. The van der Waals surface area contributed by atoms with Crippen LogP contribution in [0.15, 0.2) is 71.5 Å². The second kappa shape index (κ2) is 8.28. The van der Waals surface area contributed by atoms with Gasteiger partial charge in [0.2, 0.25) is 0 Å². The van der Waals surface area contributed by atoms with Crippen LogP contribution in [0.4, 0.5) is 0 Å². The van der Waals surface area contributed by atoms with E-state index in [9.17, 15) is 9.59 Å². The van der Waals surface area contributed by atoms with Gasteiger partial charge in [-0.2, -0.15) is 0 Å². The lowest BCUT2D eigenvalue weighted by Gasteiger charge is -2.46. The number of carbonyl (C=O) groups is 1. The lowest BCUT2D eigenvalue weighted by atomic mass is 9.80. The van der Waals surface area contributed by atoms with Crippen LogP contribution in [0.1, 0.15) is 41.2 Å². The zero-order valence-corrected chi connectivity index (χ0v) is 18.1. The Labute approximate surface area is 187 Å². The van der Waals surface area contributed by atoms with Crippen LogP contribution in [0, 0.1) is 0 Å². The van der Waals surface area contributed by atoms with Crippen LogP contribution < -0.4 is 15.6 Å². The van der Waals surface area contributed by atoms with Crippen molar-refractivity contribution in [3.05, 3.63) is 88.2 Å². The van der Waals surface area contributed by atoms with Crippen molar-refractivity contribution in [2.45, 2.75) is 30.9 Å². The van der Waals surface area contributed by atoms with E-state index in [-0.39, 0.29) is 23.1 Å². The Bertz CT molecular complexity index is 1180. The molecule has 0 aliphatic carbocycles. The van der Waals surface area contributed by atoms with Crippen LogP contribution >= 0.6 is 0 Å². The molecule has 0 bridgehead atoms. The normalized spacial score (nSPS) is 19.7. The van der Waals surface area contributed by atoms with E-state index in [0.717, 1.165) is 42.8 Å². The largest absolute Gasteiger partial charge is 0.487 e. The van der Waals surface area contributed by atoms with Gasteiger partial charge in [0.05, 0.1) is 6.04 Å². The standard InChI is InChI=1S/C26H27N3O3/c1-29-15-13-26(14-16-29)17-22(19-9-5-6-10-23(19)32-26)28-25(31)20-11-12-21(27-24(20)30)18-7-3-2-4-8-18/h2-12,22H,13-17H2,1H3,(H,27,30)(H,28,31). The molecular weight excluding hydrogens is 402 g/mol. The van der Waals surface area contributed by atoms with Crippen LogP contribution in [0.3, 0.4) is 0 Å². The first kappa shape index (κ1) is 20.5. The number of amides is 1. The smallest absolute Gasteiger partial charge is 0.261 e. The topological polar surface area (TPSA) is 74.4 Å². The number of nitrogens with one attached hydrogen (secondary N) is 2. The third kappa shape index (κ3) is 3.94. The van der Waals surface area contributed by atoms with Crippen LogP contribution in [0.5, 0.6) is 5.75 Å². The molecule has 1 saturated heterocycles. The Hall–Kier alpha value is -3.38. The first-order valence-corrected chi connectivity index (χ1v) is 11.1. The van der Waals surface area contributed by atoms with Gasteiger partial charge in [-0.15, -0.1) is 0 Å². The van der Waals surface area contributed by atoms with Gasteiger partial charge in [-0.1, -0.05) is 48.5 Å². The zero-order valence-electron chi connectivity index (χ0n) is 18.1. The molecule has 3 aromatic rings. The number of hydrogen-bond acceptors (Lipinski definition) is 4. The quantitative estimate of drug-likeness (QED) is 0.665. The maximum Gasteiger partial charge on any atom is 0.261 e. The minimum absolute atomic E-state index is 0.117. The molecule has 1 spiro atoms. The van der Waals surface area contributed by atoms with Crippen LogP contribution in [-0.4, -0.2) is 41.5 Å². The number of para-hydroxylation sites is 1. The van der Waals surface area contributed by atoms with Gasteiger partial charge in [0, 0.05) is 30.8 Å². The molecule has 6 nitrogen and oxygen atoms in total. The predicted molar refractivity (Wildman–Crippen MR) is 124 cm³/mol. The molecule has 32 heavy (non-hydrogen) atoms. The fraction of sp³-hybridized carbons (Fsp3) is 0.308. The third-order valence-electron chi connectivity index (χ3n) is 6.64. The predicted octanol–water partition coefficient (Wildman–Crippen LogP) is 3.76. The first-order chi connectivity index (χ1) is 15.5. The van der Waals surface area contributed by atoms with Crippen LogP contribution in [0.2, 0.25) is 0 Å². The average Bonchev–Trinajstić information content (AvgIpc) is 2.81. The number of piperidine rings is 1. The number of H-pyrrole nitrogens is 1. The fourth-order valence-electron chi connectivity index (χ4n) is 4.75. The molecule has 2 N–H and O–H groups in total.